The third-order valence-corrected chi connectivity index (χ3v) is 5.70. The fraction of sp³-hybridized carbons (Fsp3) is 0.120. The van der Waals surface area contributed by atoms with Gasteiger partial charge >= 0.3 is 18.2 Å². The number of hydrogen-bond acceptors (Lipinski definition) is 5. The van der Waals surface area contributed by atoms with Crippen molar-refractivity contribution in [1.29, 1.82) is 0 Å². The highest BCUT2D eigenvalue weighted by Crippen LogP contribution is 2.43. The third kappa shape index (κ3) is 4.99. The molecule has 38 heavy (non-hydrogen) atoms. The monoisotopic (exact) mass is 528 g/mol. The summed E-state index contributed by atoms with van der Waals surface area (Å²) in [5.74, 6) is -2.94. The summed E-state index contributed by atoms with van der Waals surface area (Å²) in [4.78, 5) is 41.6. The number of nitrogens with zero attached hydrogens (tertiary/aromatic N) is 2. The summed E-state index contributed by atoms with van der Waals surface area (Å²) >= 11 is 0. The molecule has 13 heteroatoms. The van der Waals surface area contributed by atoms with Gasteiger partial charge in [-0.3, -0.25) is 15.0 Å². The molecule has 0 bridgehead atoms. The Hall–Kier alpha value is -4.91. The number of H-pyrrole nitrogens is 1. The lowest BCUT2D eigenvalue weighted by molar-refractivity contribution is -0.192. The van der Waals surface area contributed by atoms with E-state index in [0.29, 0.717) is 27.7 Å². The van der Waals surface area contributed by atoms with Crippen LogP contribution in [0.4, 0.5) is 23.9 Å². The van der Waals surface area contributed by atoms with Crippen LogP contribution >= 0.6 is 0 Å². The number of imidazole rings is 1. The van der Waals surface area contributed by atoms with Crippen molar-refractivity contribution in [3.63, 3.8) is 0 Å². The molecule has 2 heterocycles. The Morgan fingerprint density at radius 3 is 2.26 bits per heavy atom. The molecule has 1 aliphatic heterocycles. The summed E-state index contributed by atoms with van der Waals surface area (Å²) in [5, 5.41) is 30.2. The van der Waals surface area contributed by atoms with Crippen LogP contribution in [0.3, 0.4) is 0 Å². The molecular weight excluding hydrogens is 509 g/mol. The van der Waals surface area contributed by atoms with E-state index in [4.69, 9.17) is 15.0 Å². The average Bonchev–Trinajstić information content (AvgIpc) is 3.36. The van der Waals surface area contributed by atoms with Crippen molar-refractivity contribution in [2.75, 3.05) is 5.32 Å². The van der Waals surface area contributed by atoms with E-state index in [1.165, 1.54) is 4.90 Å². The van der Waals surface area contributed by atoms with Gasteiger partial charge in [0.2, 0.25) is 5.95 Å². The van der Waals surface area contributed by atoms with Crippen LogP contribution < -0.4 is 5.32 Å². The number of anilines is 1. The molecule has 0 spiro atoms. The number of carbonyl (C=O) groups excluding carboxylic acids is 1. The maximum absolute atomic E-state index is 13.2. The molecule has 3 aromatic carbocycles. The van der Waals surface area contributed by atoms with Gasteiger partial charge in [-0.2, -0.15) is 13.2 Å². The first-order chi connectivity index (χ1) is 17.9. The highest BCUT2D eigenvalue weighted by atomic mass is 19.4. The Bertz CT molecular complexity index is 1520. The van der Waals surface area contributed by atoms with Crippen molar-refractivity contribution < 1.29 is 42.9 Å². The lowest BCUT2D eigenvalue weighted by atomic mass is 9.93. The Morgan fingerprint density at radius 2 is 1.63 bits per heavy atom. The van der Waals surface area contributed by atoms with Crippen molar-refractivity contribution in [2.24, 2.45) is 0 Å². The molecule has 1 aromatic heterocycles. The molecule has 0 saturated carbocycles. The number of nitrogens with one attached hydrogen (secondary N) is 2. The van der Waals surface area contributed by atoms with Gasteiger partial charge < -0.3 is 20.3 Å². The Morgan fingerprint density at radius 1 is 1.00 bits per heavy atom. The minimum atomic E-state index is -5.08. The van der Waals surface area contributed by atoms with Gasteiger partial charge in [0, 0.05) is 23.2 Å². The topological polar surface area (TPSA) is 156 Å². The van der Waals surface area contributed by atoms with E-state index in [1.807, 2.05) is 30.3 Å². The number of carboxylic acid groups (broad SMARTS) is 2. The SMILES string of the molecule is O=C(O)C(F)(F)F.O=C(O)Nc1nc2ccc(C3(O)c4ccccc4C(=O)N3Cc3ccccc3)cc2[nH]1. The molecule has 0 aliphatic carbocycles. The van der Waals surface area contributed by atoms with E-state index in [0.717, 1.165) is 5.56 Å². The lowest BCUT2D eigenvalue weighted by Gasteiger charge is -2.35. The second kappa shape index (κ2) is 9.86. The predicted octanol–water partition coefficient (Wildman–Crippen LogP) is 4.14. The van der Waals surface area contributed by atoms with E-state index < -0.39 is 24.0 Å². The zero-order chi connectivity index (χ0) is 27.7. The minimum Gasteiger partial charge on any atom is -0.475 e. The molecular formula is C25H19F3N4O6. The van der Waals surface area contributed by atoms with Crippen LogP contribution in [0.5, 0.6) is 0 Å². The van der Waals surface area contributed by atoms with E-state index in [2.05, 4.69) is 15.3 Å². The Balaban J connectivity index is 0.000000426. The number of aromatic nitrogens is 2. The number of aromatic amines is 1. The van der Waals surface area contributed by atoms with Crippen LogP contribution in [-0.4, -0.2) is 54.3 Å². The smallest absolute Gasteiger partial charge is 0.475 e. The number of benzene rings is 3. The zero-order valence-electron chi connectivity index (χ0n) is 19.2. The van der Waals surface area contributed by atoms with Gasteiger partial charge in [-0.15, -0.1) is 0 Å². The van der Waals surface area contributed by atoms with Gasteiger partial charge in [-0.1, -0.05) is 54.6 Å². The predicted molar refractivity (Wildman–Crippen MR) is 127 cm³/mol. The van der Waals surface area contributed by atoms with Crippen molar-refractivity contribution >= 4 is 35.0 Å². The molecule has 1 aliphatic rings. The van der Waals surface area contributed by atoms with E-state index in [9.17, 15) is 27.9 Å². The maximum Gasteiger partial charge on any atom is 0.490 e. The quantitative estimate of drug-likeness (QED) is 0.267. The number of aliphatic carboxylic acids is 1. The van der Waals surface area contributed by atoms with Gasteiger partial charge in [0.05, 0.1) is 11.0 Å². The van der Waals surface area contributed by atoms with Crippen molar-refractivity contribution in [1.82, 2.24) is 14.9 Å². The molecule has 4 aromatic rings. The highest BCUT2D eigenvalue weighted by molar-refractivity contribution is 6.00. The number of aliphatic hydroxyl groups is 1. The zero-order valence-corrected chi connectivity index (χ0v) is 19.2. The number of alkyl halides is 3. The van der Waals surface area contributed by atoms with Gasteiger partial charge in [0.1, 0.15) is 0 Å². The molecule has 5 rings (SSSR count). The van der Waals surface area contributed by atoms with Crippen LogP contribution in [0.15, 0.2) is 72.8 Å². The second-order valence-corrected chi connectivity index (χ2v) is 8.15. The summed E-state index contributed by atoms with van der Waals surface area (Å²) in [7, 11) is 0. The Kier molecular flexibility index (Phi) is 6.79. The Labute approximate surface area is 212 Å². The van der Waals surface area contributed by atoms with E-state index in [-0.39, 0.29) is 18.4 Å². The van der Waals surface area contributed by atoms with E-state index >= 15 is 0 Å². The minimum absolute atomic E-state index is 0.0793. The van der Waals surface area contributed by atoms with Crippen LogP contribution in [0.2, 0.25) is 0 Å². The van der Waals surface area contributed by atoms with Crippen LogP contribution in [0.1, 0.15) is 27.0 Å². The fourth-order valence-corrected chi connectivity index (χ4v) is 4.06. The molecule has 1 unspecified atom stereocenters. The number of amides is 2. The van der Waals surface area contributed by atoms with Crippen molar-refractivity contribution in [3.8, 4) is 0 Å². The molecule has 2 amide bonds. The molecule has 5 N–H and O–H groups in total. The van der Waals surface area contributed by atoms with Gasteiger partial charge in [0.15, 0.2) is 5.72 Å². The second-order valence-electron chi connectivity index (χ2n) is 8.15. The number of fused-ring (bicyclic) bond motifs is 2. The molecule has 0 radical (unpaired) electrons. The maximum atomic E-state index is 13.2. The average molecular weight is 528 g/mol. The summed E-state index contributed by atoms with van der Waals surface area (Å²) in [6, 6.07) is 21.5. The number of carbonyl (C=O) groups is 3. The van der Waals surface area contributed by atoms with Gasteiger partial charge in [-0.05, 0) is 23.8 Å². The third-order valence-electron chi connectivity index (χ3n) is 5.70. The first-order valence-electron chi connectivity index (χ1n) is 10.9. The summed E-state index contributed by atoms with van der Waals surface area (Å²) in [6.45, 7) is 0.220. The molecule has 1 atom stereocenters. The van der Waals surface area contributed by atoms with Gasteiger partial charge in [0.25, 0.3) is 5.91 Å². The van der Waals surface area contributed by atoms with Crippen molar-refractivity contribution in [3.05, 3.63) is 95.1 Å². The van der Waals surface area contributed by atoms with Crippen LogP contribution in [0, 0.1) is 0 Å². The van der Waals surface area contributed by atoms with E-state index in [1.54, 1.807) is 42.5 Å². The molecule has 196 valence electrons. The number of hydrogen-bond donors (Lipinski definition) is 5. The molecule has 0 fully saturated rings. The highest BCUT2D eigenvalue weighted by Gasteiger charge is 2.49. The summed E-state index contributed by atoms with van der Waals surface area (Å²) < 4.78 is 31.7. The van der Waals surface area contributed by atoms with Crippen LogP contribution in [-0.2, 0) is 17.1 Å². The number of halogens is 3. The summed E-state index contributed by atoms with van der Waals surface area (Å²) in [5.41, 5.74) is 1.67. The first-order valence-corrected chi connectivity index (χ1v) is 10.9. The van der Waals surface area contributed by atoms with Crippen molar-refractivity contribution in [2.45, 2.75) is 18.4 Å². The fourth-order valence-electron chi connectivity index (χ4n) is 4.06. The normalized spacial score (nSPS) is 16.5. The number of carboxylic acids is 1. The standard InChI is InChI=1S/C23H18N4O4.C2HF3O2/c28-20-16-8-4-5-9-17(16)23(31,27(20)13-14-6-2-1-3-7-14)15-10-11-18-19(12-15)25-21(24-18)26-22(29)30;3-2(4,5)1(6)7/h1-12,31H,13H2,(H,29,30)(H2,24,25,26);(H,6,7). The summed E-state index contributed by atoms with van der Waals surface area (Å²) in [6.07, 6.45) is -6.32. The van der Waals surface area contributed by atoms with Crippen LogP contribution in [0.25, 0.3) is 11.0 Å². The number of rotatable bonds is 4. The molecule has 10 nitrogen and oxygen atoms in total. The first kappa shape index (κ1) is 26.2. The van der Waals surface area contributed by atoms with Gasteiger partial charge in [-0.25, -0.2) is 14.6 Å². The largest absolute Gasteiger partial charge is 0.490 e. The lowest BCUT2D eigenvalue weighted by Crippen LogP contribution is -2.44. The molecule has 0 saturated heterocycles.